The Balaban J connectivity index is 1.44. The second kappa shape index (κ2) is 10.1. The largest absolute Gasteiger partial charge is 0.329 e. The molecule has 0 saturated heterocycles. The van der Waals surface area contributed by atoms with Gasteiger partial charge in [0.15, 0.2) is 10.9 Å². The van der Waals surface area contributed by atoms with E-state index in [4.69, 9.17) is 35.4 Å². The van der Waals surface area contributed by atoms with E-state index in [1.807, 2.05) is 13.8 Å². The fraction of sp³-hybridized carbons (Fsp3) is 0.174. The molecule has 2 aromatic heterocycles. The van der Waals surface area contributed by atoms with Gasteiger partial charge in [0.05, 0.1) is 30.2 Å². The maximum absolute atomic E-state index is 14.2. The Bertz CT molecular complexity index is 1330. The fourth-order valence-corrected chi connectivity index (χ4v) is 4.14. The summed E-state index contributed by atoms with van der Waals surface area (Å²) in [7, 11) is 0. The molecule has 0 saturated carbocycles. The Morgan fingerprint density at radius 1 is 0.912 bits per heavy atom. The molecule has 6 nitrogen and oxygen atoms in total. The zero-order chi connectivity index (χ0) is 24.4. The van der Waals surface area contributed by atoms with Crippen molar-refractivity contribution >= 4 is 52.0 Å². The first kappa shape index (κ1) is 24.1. The van der Waals surface area contributed by atoms with Crippen LogP contribution in [0.5, 0.6) is 0 Å². The summed E-state index contributed by atoms with van der Waals surface area (Å²) >= 11 is 17.7. The predicted molar refractivity (Wildman–Crippen MR) is 135 cm³/mol. The molecule has 0 bridgehead atoms. The minimum Gasteiger partial charge on any atom is -0.329 e. The maximum Gasteiger partial charge on any atom is 0.176 e. The van der Waals surface area contributed by atoms with Crippen LogP contribution in [-0.4, -0.2) is 24.7 Å². The summed E-state index contributed by atoms with van der Waals surface area (Å²) in [6, 6.07) is 10.8. The van der Waals surface area contributed by atoms with Gasteiger partial charge in [-0.05, 0) is 50.3 Å². The van der Waals surface area contributed by atoms with Crippen molar-refractivity contribution in [3.05, 3.63) is 92.9 Å². The quantitative estimate of drug-likeness (QED) is 0.297. The number of aryl methyl sites for hydroxylation is 1. The molecule has 0 fully saturated rings. The number of nitrogens with one attached hydrogen (secondary N) is 2. The van der Waals surface area contributed by atoms with Crippen molar-refractivity contribution in [1.29, 1.82) is 0 Å². The molecular formula is C23H20Cl2F2N6S. The predicted octanol–water partition coefficient (Wildman–Crippen LogP) is 6.19. The highest BCUT2D eigenvalue weighted by Crippen LogP contribution is 2.25. The average Bonchev–Trinajstić information content (AvgIpc) is 3.32. The summed E-state index contributed by atoms with van der Waals surface area (Å²) in [5.74, 6) is -0.306. The maximum atomic E-state index is 14.2. The second-order valence-corrected chi connectivity index (χ2v) is 8.80. The number of thiocarbonyl (C=S) groups is 1. The van der Waals surface area contributed by atoms with Gasteiger partial charge in [-0.1, -0.05) is 35.3 Å². The van der Waals surface area contributed by atoms with E-state index < -0.39 is 5.82 Å². The molecule has 0 aliphatic heterocycles. The lowest BCUT2D eigenvalue weighted by Gasteiger charge is -2.11. The smallest absolute Gasteiger partial charge is 0.176 e. The molecule has 0 radical (unpaired) electrons. The second-order valence-electron chi connectivity index (χ2n) is 7.58. The summed E-state index contributed by atoms with van der Waals surface area (Å²) in [6.45, 7) is 4.04. The van der Waals surface area contributed by atoms with E-state index in [2.05, 4.69) is 20.8 Å². The Kier molecular flexibility index (Phi) is 7.16. The Morgan fingerprint density at radius 3 is 2.15 bits per heavy atom. The molecule has 2 N–H and O–H groups in total. The summed E-state index contributed by atoms with van der Waals surface area (Å²) in [6.07, 6.45) is 1.69. The van der Waals surface area contributed by atoms with Crippen LogP contribution in [0, 0.1) is 25.5 Å². The molecule has 176 valence electrons. The van der Waals surface area contributed by atoms with E-state index >= 15 is 0 Å². The van der Waals surface area contributed by atoms with Gasteiger partial charge < -0.3 is 10.6 Å². The molecule has 0 unspecified atom stereocenters. The standard InChI is InChI=1S/C23H20Cl2F2N6S/c1-13-22(14(2)33(30-13)12-16-18(25)6-4-8-20(16)27)29-23(34)28-21-9-10-32(31-21)11-15-17(24)5-3-7-19(15)26/h3-10H,11-12H2,1-2H3,(H2,28,29,31,34). The SMILES string of the molecule is Cc1nn(Cc2c(F)cccc2Cl)c(C)c1NC(=S)Nc1ccn(Cc2c(F)cccc2Cl)n1. The minimum absolute atomic E-state index is 0.178. The van der Waals surface area contributed by atoms with Crippen LogP contribution in [0.15, 0.2) is 48.7 Å². The van der Waals surface area contributed by atoms with Crippen LogP contribution >= 0.6 is 35.4 Å². The first-order chi connectivity index (χ1) is 16.2. The van der Waals surface area contributed by atoms with Crippen LogP contribution < -0.4 is 10.6 Å². The highest BCUT2D eigenvalue weighted by Gasteiger charge is 2.16. The van der Waals surface area contributed by atoms with Crippen molar-refractivity contribution < 1.29 is 8.78 Å². The molecule has 0 spiro atoms. The molecule has 2 heterocycles. The number of rotatable bonds is 6. The first-order valence-electron chi connectivity index (χ1n) is 10.2. The van der Waals surface area contributed by atoms with E-state index in [9.17, 15) is 8.78 Å². The third-order valence-electron chi connectivity index (χ3n) is 5.25. The van der Waals surface area contributed by atoms with Crippen molar-refractivity contribution in [1.82, 2.24) is 19.6 Å². The van der Waals surface area contributed by atoms with Gasteiger partial charge in [-0.2, -0.15) is 10.2 Å². The molecule has 4 aromatic rings. The van der Waals surface area contributed by atoms with Gasteiger partial charge in [0.25, 0.3) is 0 Å². The lowest BCUT2D eigenvalue weighted by molar-refractivity contribution is 0.579. The molecule has 2 aromatic carbocycles. The van der Waals surface area contributed by atoms with Crippen molar-refractivity contribution in [3.8, 4) is 0 Å². The minimum atomic E-state index is -0.394. The van der Waals surface area contributed by atoms with Crippen molar-refractivity contribution in [2.75, 3.05) is 10.6 Å². The zero-order valence-corrected chi connectivity index (χ0v) is 20.6. The van der Waals surface area contributed by atoms with Crippen molar-refractivity contribution in [2.45, 2.75) is 26.9 Å². The number of halogens is 4. The molecule has 34 heavy (non-hydrogen) atoms. The normalized spacial score (nSPS) is 11.0. The van der Waals surface area contributed by atoms with Crippen LogP contribution in [0.2, 0.25) is 10.0 Å². The lowest BCUT2D eigenvalue weighted by atomic mass is 10.2. The van der Waals surface area contributed by atoms with Crippen LogP contribution in [0.1, 0.15) is 22.5 Å². The van der Waals surface area contributed by atoms with E-state index in [-0.39, 0.29) is 18.9 Å². The summed E-state index contributed by atoms with van der Waals surface area (Å²) < 4.78 is 31.5. The van der Waals surface area contributed by atoms with Crippen molar-refractivity contribution in [3.63, 3.8) is 0 Å². The molecule has 11 heteroatoms. The first-order valence-corrected chi connectivity index (χ1v) is 11.4. The summed E-state index contributed by atoms with van der Waals surface area (Å²) in [5, 5.41) is 15.9. The monoisotopic (exact) mass is 520 g/mol. The zero-order valence-electron chi connectivity index (χ0n) is 18.2. The van der Waals surface area contributed by atoms with Gasteiger partial charge >= 0.3 is 0 Å². The Morgan fingerprint density at radius 2 is 1.53 bits per heavy atom. The molecule has 0 aliphatic rings. The van der Waals surface area contributed by atoms with Crippen LogP contribution in [-0.2, 0) is 13.1 Å². The number of anilines is 2. The Labute approximate surface area is 210 Å². The Hall–Kier alpha value is -3.01. The highest BCUT2D eigenvalue weighted by molar-refractivity contribution is 7.80. The van der Waals surface area contributed by atoms with E-state index in [0.29, 0.717) is 43.5 Å². The van der Waals surface area contributed by atoms with Crippen LogP contribution in [0.25, 0.3) is 0 Å². The molecule has 0 amide bonds. The topological polar surface area (TPSA) is 59.7 Å². The van der Waals surface area contributed by atoms with Gasteiger partial charge in [-0.15, -0.1) is 0 Å². The van der Waals surface area contributed by atoms with E-state index in [1.165, 1.54) is 12.1 Å². The van der Waals surface area contributed by atoms with Gasteiger partial charge in [0.2, 0.25) is 0 Å². The lowest BCUT2D eigenvalue weighted by Crippen LogP contribution is -2.20. The van der Waals surface area contributed by atoms with E-state index in [1.54, 1.807) is 45.9 Å². The van der Waals surface area contributed by atoms with Gasteiger partial charge in [0.1, 0.15) is 11.6 Å². The molecule has 0 aliphatic carbocycles. The van der Waals surface area contributed by atoms with Crippen LogP contribution in [0.3, 0.4) is 0 Å². The third kappa shape index (κ3) is 5.22. The number of nitrogens with zero attached hydrogens (tertiary/aromatic N) is 4. The van der Waals surface area contributed by atoms with Gasteiger partial charge in [-0.3, -0.25) is 9.36 Å². The van der Waals surface area contributed by atoms with E-state index in [0.717, 1.165) is 5.69 Å². The number of benzene rings is 2. The fourth-order valence-electron chi connectivity index (χ4n) is 3.49. The van der Waals surface area contributed by atoms with Gasteiger partial charge in [0, 0.05) is 33.4 Å². The molecule has 4 rings (SSSR count). The van der Waals surface area contributed by atoms with Crippen LogP contribution in [0.4, 0.5) is 20.3 Å². The molecule has 0 atom stereocenters. The summed E-state index contributed by atoms with van der Waals surface area (Å²) in [5.41, 5.74) is 2.87. The average molecular weight is 521 g/mol. The third-order valence-corrected chi connectivity index (χ3v) is 6.17. The number of hydrogen-bond donors (Lipinski definition) is 2. The van der Waals surface area contributed by atoms with Gasteiger partial charge in [-0.25, -0.2) is 8.78 Å². The van der Waals surface area contributed by atoms with Crippen molar-refractivity contribution in [2.24, 2.45) is 0 Å². The highest BCUT2D eigenvalue weighted by atomic mass is 35.5. The molecular weight excluding hydrogens is 501 g/mol. The number of hydrogen-bond acceptors (Lipinski definition) is 3. The summed E-state index contributed by atoms with van der Waals surface area (Å²) in [4.78, 5) is 0. The number of aromatic nitrogens is 4.